The zero-order valence-corrected chi connectivity index (χ0v) is 13.9. The Morgan fingerprint density at radius 2 is 1.83 bits per heavy atom. The number of ether oxygens (including phenoxy) is 1. The lowest BCUT2D eigenvalue weighted by Crippen LogP contribution is -2.18. The summed E-state index contributed by atoms with van der Waals surface area (Å²) in [7, 11) is 1.68. The van der Waals surface area contributed by atoms with Crippen LogP contribution >= 0.6 is 0 Å². The molecule has 1 atom stereocenters. The van der Waals surface area contributed by atoms with Crippen molar-refractivity contribution in [2.45, 2.75) is 25.9 Å². The molecule has 0 amide bonds. The van der Waals surface area contributed by atoms with Gasteiger partial charge in [-0.25, -0.2) is 0 Å². The summed E-state index contributed by atoms with van der Waals surface area (Å²) >= 11 is 0. The van der Waals surface area contributed by atoms with E-state index in [1.165, 1.54) is 5.56 Å². The van der Waals surface area contributed by atoms with Gasteiger partial charge in [-0.1, -0.05) is 53.7 Å². The topological polar surface area (TPSA) is 60.2 Å². The monoisotopic (exact) mass is 323 g/mol. The van der Waals surface area contributed by atoms with Crippen LogP contribution in [0.15, 0.2) is 59.1 Å². The second-order valence-electron chi connectivity index (χ2n) is 5.63. The summed E-state index contributed by atoms with van der Waals surface area (Å²) in [5.41, 5.74) is 2.26. The van der Waals surface area contributed by atoms with Crippen LogP contribution in [0.25, 0.3) is 0 Å². The molecule has 0 aliphatic heterocycles. The van der Waals surface area contributed by atoms with E-state index in [-0.39, 0.29) is 6.04 Å². The average molecular weight is 323 g/mol. The maximum absolute atomic E-state index is 5.39. The van der Waals surface area contributed by atoms with Crippen molar-refractivity contribution < 1.29 is 9.26 Å². The molecule has 124 valence electrons. The number of nitrogens with one attached hydrogen (secondary N) is 1. The molecule has 0 aliphatic rings. The van der Waals surface area contributed by atoms with E-state index in [9.17, 15) is 0 Å². The van der Waals surface area contributed by atoms with Gasteiger partial charge in [-0.2, -0.15) is 4.98 Å². The van der Waals surface area contributed by atoms with Gasteiger partial charge in [0.05, 0.1) is 13.2 Å². The first-order valence-corrected chi connectivity index (χ1v) is 7.98. The van der Waals surface area contributed by atoms with E-state index in [0.717, 1.165) is 11.3 Å². The molecule has 0 radical (unpaired) electrons. The Balaban J connectivity index is 1.60. The maximum atomic E-state index is 5.39. The van der Waals surface area contributed by atoms with Crippen molar-refractivity contribution in [3.63, 3.8) is 0 Å². The Morgan fingerprint density at radius 3 is 2.62 bits per heavy atom. The van der Waals surface area contributed by atoms with Crippen LogP contribution in [0.2, 0.25) is 0 Å². The van der Waals surface area contributed by atoms with Gasteiger partial charge in [-0.15, -0.1) is 0 Å². The summed E-state index contributed by atoms with van der Waals surface area (Å²) in [6.45, 7) is 2.68. The lowest BCUT2D eigenvalue weighted by atomic mass is 10.1. The third-order valence-corrected chi connectivity index (χ3v) is 3.85. The molecule has 3 aromatic rings. The standard InChI is InChI=1S/C19H21N3O2/c1-14(20-13-16-10-6-7-11-17(16)23-2)19-21-18(22-24-19)12-15-8-4-3-5-9-15/h3-11,14,20H,12-13H2,1-2H3. The Hall–Kier alpha value is -2.66. The fourth-order valence-electron chi connectivity index (χ4n) is 2.49. The highest BCUT2D eigenvalue weighted by molar-refractivity contribution is 5.33. The van der Waals surface area contributed by atoms with E-state index in [0.29, 0.717) is 24.7 Å². The molecule has 24 heavy (non-hydrogen) atoms. The highest BCUT2D eigenvalue weighted by Crippen LogP contribution is 2.19. The summed E-state index contributed by atoms with van der Waals surface area (Å²) in [6.07, 6.45) is 0.670. The molecule has 3 rings (SSSR count). The van der Waals surface area contributed by atoms with Crippen molar-refractivity contribution in [2.24, 2.45) is 0 Å². The van der Waals surface area contributed by atoms with Crippen LogP contribution in [0.1, 0.15) is 35.8 Å². The van der Waals surface area contributed by atoms with Crippen LogP contribution in [-0.2, 0) is 13.0 Å². The first kappa shape index (κ1) is 16.2. The molecule has 1 unspecified atom stereocenters. The van der Waals surface area contributed by atoms with Gasteiger partial charge >= 0.3 is 0 Å². The number of methoxy groups -OCH3 is 1. The van der Waals surface area contributed by atoms with Crippen molar-refractivity contribution in [3.8, 4) is 5.75 Å². The second kappa shape index (κ2) is 7.75. The first-order valence-electron chi connectivity index (χ1n) is 7.98. The summed E-state index contributed by atoms with van der Waals surface area (Å²) in [6, 6.07) is 18.0. The van der Waals surface area contributed by atoms with E-state index in [1.54, 1.807) is 7.11 Å². The van der Waals surface area contributed by atoms with Gasteiger partial charge in [0.1, 0.15) is 5.75 Å². The van der Waals surface area contributed by atoms with Gasteiger partial charge in [-0.3, -0.25) is 0 Å². The van der Waals surface area contributed by atoms with Crippen LogP contribution in [0.3, 0.4) is 0 Å². The molecule has 5 heteroatoms. The Labute approximate surface area is 141 Å². The highest BCUT2D eigenvalue weighted by atomic mass is 16.5. The average Bonchev–Trinajstić information content (AvgIpc) is 3.09. The van der Waals surface area contributed by atoms with Gasteiger partial charge in [-0.05, 0) is 18.6 Å². The molecule has 2 aromatic carbocycles. The molecule has 1 N–H and O–H groups in total. The normalized spacial score (nSPS) is 12.1. The quantitative estimate of drug-likeness (QED) is 0.721. The Kier molecular flexibility index (Phi) is 5.23. The van der Waals surface area contributed by atoms with Crippen molar-refractivity contribution in [1.29, 1.82) is 0 Å². The maximum Gasteiger partial charge on any atom is 0.243 e. The van der Waals surface area contributed by atoms with E-state index >= 15 is 0 Å². The second-order valence-corrected chi connectivity index (χ2v) is 5.63. The number of rotatable bonds is 7. The van der Waals surface area contributed by atoms with Gasteiger partial charge < -0.3 is 14.6 Å². The third-order valence-electron chi connectivity index (χ3n) is 3.85. The van der Waals surface area contributed by atoms with Gasteiger partial charge in [0, 0.05) is 18.5 Å². The number of para-hydroxylation sites is 1. The van der Waals surface area contributed by atoms with Crippen LogP contribution in [0, 0.1) is 0 Å². The first-order chi connectivity index (χ1) is 11.8. The summed E-state index contributed by atoms with van der Waals surface area (Å²) < 4.78 is 10.8. The van der Waals surface area contributed by atoms with Crippen LogP contribution in [-0.4, -0.2) is 17.3 Å². The van der Waals surface area contributed by atoms with Crippen LogP contribution < -0.4 is 10.1 Å². The molecule has 0 spiro atoms. The lowest BCUT2D eigenvalue weighted by Gasteiger charge is -2.12. The van der Waals surface area contributed by atoms with E-state index in [1.807, 2.05) is 49.4 Å². The molecule has 1 heterocycles. The van der Waals surface area contributed by atoms with E-state index in [2.05, 4.69) is 27.6 Å². The van der Waals surface area contributed by atoms with Crippen molar-refractivity contribution in [3.05, 3.63) is 77.4 Å². The Morgan fingerprint density at radius 1 is 1.08 bits per heavy atom. The molecule has 0 saturated heterocycles. The molecule has 0 aliphatic carbocycles. The SMILES string of the molecule is COc1ccccc1CNC(C)c1nc(Cc2ccccc2)no1. The van der Waals surface area contributed by atoms with Gasteiger partial charge in [0.15, 0.2) is 5.82 Å². The number of hydrogen-bond acceptors (Lipinski definition) is 5. The predicted molar refractivity (Wildman–Crippen MR) is 91.8 cm³/mol. The molecule has 0 bridgehead atoms. The molecule has 1 aromatic heterocycles. The Bertz CT molecular complexity index is 771. The highest BCUT2D eigenvalue weighted by Gasteiger charge is 2.14. The summed E-state index contributed by atoms with van der Waals surface area (Å²) in [5.74, 6) is 2.16. The number of benzene rings is 2. The molecule has 0 saturated carbocycles. The van der Waals surface area contributed by atoms with E-state index in [4.69, 9.17) is 9.26 Å². The minimum atomic E-state index is -0.0352. The van der Waals surface area contributed by atoms with Crippen molar-refractivity contribution in [1.82, 2.24) is 15.5 Å². The number of aromatic nitrogens is 2. The molecule has 0 fully saturated rings. The number of nitrogens with zero attached hydrogens (tertiary/aromatic N) is 2. The minimum Gasteiger partial charge on any atom is -0.496 e. The lowest BCUT2D eigenvalue weighted by molar-refractivity contribution is 0.334. The fourth-order valence-corrected chi connectivity index (χ4v) is 2.49. The van der Waals surface area contributed by atoms with Gasteiger partial charge in [0.2, 0.25) is 5.89 Å². The number of hydrogen-bond donors (Lipinski definition) is 1. The third kappa shape index (κ3) is 4.00. The summed E-state index contributed by atoms with van der Waals surface area (Å²) in [5, 5.41) is 7.46. The fraction of sp³-hybridized carbons (Fsp3) is 0.263. The zero-order chi connectivity index (χ0) is 16.8. The minimum absolute atomic E-state index is 0.0352. The summed E-state index contributed by atoms with van der Waals surface area (Å²) in [4.78, 5) is 4.49. The van der Waals surface area contributed by atoms with Crippen molar-refractivity contribution >= 4 is 0 Å². The molecular formula is C19H21N3O2. The largest absolute Gasteiger partial charge is 0.496 e. The van der Waals surface area contributed by atoms with Crippen molar-refractivity contribution in [2.75, 3.05) is 7.11 Å². The predicted octanol–water partition coefficient (Wildman–Crippen LogP) is 3.52. The van der Waals surface area contributed by atoms with Gasteiger partial charge in [0.25, 0.3) is 0 Å². The molecule has 5 nitrogen and oxygen atoms in total. The van der Waals surface area contributed by atoms with Crippen LogP contribution in [0.5, 0.6) is 5.75 Å². The smallest absolute Gasteiger partial charge is 0.243 e. The zero-order valence-electron chi connectivity index (χ0n) is 13.9. The van der Waals surface area contributed by atoms with E-state index < -0.39 is 0 Å². The van der Waals surface area contributed by atoms with Crippen LogP contribution in [0.4, 0.5) is 0 Å². The molecular weight excluding hydrogens is 302 g/mol.